The van der Waals surface area contributed by atoms with E-state index >= 15 is 0 Å². The van der Waals surface area contributed by atoms with Crippen molar-refractivity contribution in [3.05, 3.63) is 58.4 Å². The first-order valence-corrected chi connectivity index (χ1v) is 7.18. The molecule has 1 nitrogen and oxygen atoms in total. The molecule has 1 aliphatic rings. The van der Waals surface area contributed by atoms with E-state index < -0.39 is 0 Å². The SMILES string of the molecule is CNC1CCc2c(-c3c(C)cc(F)cc3C)cccc21. The van der Waals surface area contributed by atoms with E-state index in [1.165, 1.54) is 22.3 Å². The summed E-state index contributed by atoms with van der Waals surface area (Å²) in [5, 5.41) is 3.38. The van der Waals surface area contributed by atoms with E-state index in [0.717, 1.165) is 24.0 Å². The monoisotopic (exact) mass is 269 g/mol. The van der Waals surface area contributed by atoms with Gasteiger partial charge in [-0.05, 0) is 79.3 Å². The van der Waals surface area contributed by atoms with Crippen molar-refractivity contribution in [2.75, 3.05) is 7.05 Å². The van der Waals surface area contributed by atoms with Crippen LogP contribution in [-0.4, -0.2) is 7.05 Å². The highest BCUT2D eigenvalue weighted by molar-refractivity contribution is 5.75. The first-order chi connectivity index (χ1) is 9.61. The summed E-state index contributed by atoms with van der Waals surface area (Å²) in [4.78, 5) is 0. The topological polar surface area (TPSA) is 12.0 Å². The average Bonchev–Trinajstić information content (AvgIpc) is 2.81. The molecule has 20 heavy (non-hydrogen) atoms. The summed E-state index contributed by atoms with van der Waals surface area (Å²) in [6.07, 6.45) is 2.23. The Bertz CT molecular complexity index is 637. The van der Waals surface area contributed by atoms with E-state index in [0.29, 0.717) is 6.04 Å². The summed E-state index contributed by atoms with van der Waals surface area (Å²) >= 11 is 0. The van der Waals surface area contributed by atoms with Gasteiger partial charge in [-0.2, -0.15) is 0 Å². The molecule has 1 atom stereocenters. The van der Waals surface area contributed by atoms with Crippen LogP contribution in [0.4, 0.5) is 4.39 Å². The van der Waals surface area contributed by atoms with Gasteiger partial charge in [-0.1, -0.05) is 18.2 Å². The lowest BCUT2D eigenvalue weighted by Crippen LogP contribution is -2.12. The number of fused-ring (bicyclic) bond motifs is 1. The fourth-order valence-electron chi connectivity index (χ4n) is 3.52. The number of rotatable bonds is 2. The molecule has 0 saturated heterocycles. The van der Waals surface area contributed by atoms with Crippen molar-refractivity contribution >= 4 is 0 Å². The molecule has 0 amide bonds. The molecule has 104 valence electrons. The molecular weight excluding hydrogens is 249 g/mol. The van der Waals surface area contributed by atoms with Gasteiger partial charge in [0, 0.05) is 6.04 Å². The number of benzene rings is 2. The minimum atomic E-state index is -0.149. The Hall–Kier alpha value is -1.67. The quantitative estimate of drug-likeness (QED) is 0.856. The fourth-order valence-corrected chi connectivity index (χ4v) is 3.52. The molecule has 1 unspecified atom stereocenters. The molecule has 0 spiro atoms. The summed E-state index contributed by atoms with van der Waals surface area (Å²) in [7, 11) is 2.01. The molecule has 1 aliphatic carbocycles. The molecule has 2 aromatic rings. The fraction of sp³-hybridized carbons (Fsp3) is 0.333. The molecule has 0 heterocycles. The number of aryl methyl sites for hydroxylation is 2. The molecule has 1 N–H and O–H groups in total. The Morgan fingerprint density at radius 1 is 1.15 bits per heavy atom. The molecule has 0 fully saturated rings. The van der Waals surface area contributed by atoms with Crippen LogP contribution in [0.3, 0.4) is 0 Å². The van der Waals surface area contributed by atoms with Crippen LogP contribution in [0.5, 0.6) is 0 Å². The lowest BCUT2D eigenvalue weighted by atomic mass is 9.90. The van der Waals surface area contributed by atoms with Gasteiger partial charge in [0.15, 0.2) is 0 Å². The van der Waals surface area contributed by atoms with Gasteiger partial charge < -0.3 is 5.32 Å². The van der Waals surface area contributed by atoms with Crippen LogP contribution in [0.25, 0.3) is 11.1 Å². The number of halogens is 1. The minimum Gasteiger partial charge on any atom is -0.313 e. The van der Waals surface area contributed by atoms with Gasteiger partial charge in [-0.25, -0.2) is 4.39 Å². The summed E-state index contributed by atoms with van der Waals surface area (Å²) < 4.78 is 13.5. The van der Waals surface area contributed by atoms with Gasteiger partial charge in [0.2, 0.25) is 0 Å². The van der Waals surface area contributed by atoms with Crippen molar-refractivity contribution in [3.63, 3.8) is 0 Å². The Labute approximate surface area is 119 Å². The maximum atomic E-state index is 13.5. The van der Waals surface area contributed by atoms with Crippen LogP contribution in [0.2, 0.25) is 0 Å². The van der Waals surface area contributed by atoms with Crippen molar-refractivity contribution in [1.29, 1.82) is 0 Å². The van der Waals surface area contributed by atoms with Gasteiger partial charge in [-0.15, -0.1) is 0 Å². The lowest BCUT2D eigenvalue weighted by molar-refractivity contribution is 0.590. The van der Waals surface area contributed by atoms with E-state index in [4.69, 9.17) is 0 Å². The normalized spacial score (nSPS) is 17.3. The second kappa shape index (κ2) is 5.02. The molecule has 2 aromatic carbocycles. The largest absolute Gasteiger partial charge is 0.313 e. The van der Waals surface area contributed by atoms with E-state index in [2.05, 4.69) is 23.5 Å². The summed E-state index contributed by atoms with van der Waals surface area (Å²) in [5.41, 5.74) is 7.32. The predicted octanol–water partition coefficient (Wildman–Crippen LogP) is 4.32. The van der Waals surface area contributed by atoms with Crippen molar-refractivity contribution in [3.8, 4) is 11.1 Å². The second-order valence-corrected chi connectivity index (χ2v) is 5.67. The van der Waals surface area contributed by atoms with Gasteiger partial charge >= 0.3 is 0 Å². The van der Waals surface area contributed by atoms with Crippen molar-refractivity contribution in [2.45, 2.75) is 32.7 Å². The zero-order valence-corrected chi connectivity index (χ0v) is 12.3. The number of hydrogen-bond donors (Lipinski definition) is 1. The molecule has 0 aliphatic heterocycles. The maximum Gasteiger partial charge on any atom is 0.123 e. The first kappa shape index (κ1) is 13.3. The van der Waals surface area contributed by atoms with E-state index in [1.807, 2.05) is 20.9 Å². The van der Waals surface area contributed by atoms with Crippen molar-refractivity contribution < 1.29 is 4.39 Å². The number of nitrogens with one attached hydrogen (secondary N) is 1. The summed E-state index contributed by atoms with van der Waals surface area (Å²) in [5.74, 6) is -0.149. The third-order valence-corrected chi connectivity index (χ3v) is 4.39. The summed E-state index contributed by atoms with van der Waals surface area (Å²) in [6, 6.07) is 10.2. The third kappa shape index (κ3) is 2.04. The molecule has 3 rings (SSSR count). The Kier molecular flexibility index (Phi) is 3.35. The van der Waals surface area contributed by atoms with Crippen LogP contribution < -0.4 is 5.32 Å². The predicted molar refractivity (Wildman–Crippen MR) is 81.4 cm³/mol. The van der Waals surface area contributed by atoms with Gasteiger partial charge in [0.05, 0.1) is 0 Å². The van der Waals surface area contributed by atoms with E-state index in [1.54, 1.807) is 12.1 Å². The van der Waals surface area contributed by atoms with Gasteiger partial charge in [0.1, 0.15) is 5.82 Å². The maximum absolute atomic E-state index is 13.5. The smallest absolute Gasteiger partial charge is 0.123 e. The van der Waals surface area contributed by atoms with Crippen LogP contribution in [0.1, 0.15) is 34.7 Å². The highest BCUT2D eigenvalue weighted by Crippen LogP contribution is 2.39. The standard InChI is InChI=1S/C18H20FN/c1-11-9-13(19)10-12(2)18(11)16-6-4-5-15-14(16)7-8-17(15)20-3/h4-6,9-10,17,20H,7-8H2,1-3H3. The third-order valence-electron chi connectivity index (χ3n) is 4.39. The van der Waals surface area contributed by atoms with Gasteiger partial charge in [0.25, 0.3) is 0 Å². The lowest BCUT2D eigenvalue weighted by Gasteiger charge is -2.16. The first-order valence-electron chi connectivity index (χ1n) is 7.18. The highest BCUT2D eigenvalue weighted by atomic mass is 19.1. The van der Waals surface area contributed by atoms with Crippen LogP contribution in [0.15, 0.2) is 30.3 Å². The molecule has 0 aromatic heterocycles. The van der Waals surface area contributed by atoms with Crippen LogP contribution in [-0.2, 0) is 6.42 Å². The van der Waals surface area contributed by atoms with Crippen LogP contribution in [0, 0.1) is 19.7 Å². The van der Waals surface area contributed by atoms with Crippen LogP contribution >= 0.6 is 0 Å². The zero-order chi connectivity index (χ0) is 14.3. The zero-order valence-electron chi connectivity index (χ0n) is 12.3. The molecule has 0 saturated carbocycles. The average molecular weight is 269 g/mol. The molecular formula is C18H20FN. The van der Waals surface area contributed by atoms with Crippen molar-refractivity contribution in [2.24, 2.45) is 0 Å². The highest BCUT2D eigenvalue weighted by Gasteiger charge is 2.24. The Morgan fingerprint density at radius 2 is 1.85 bits per heavy atom. The second-order valence-electron chi connectivity index (χ2n) is 5.67. The van der Waals surface area contributed by atoms with Crippen molar-refractivity contribution in [1.82, 2.24) is 5.32 Å². The molecule has 0 bridgehead atoms. The Balaban J connectivity index is 2.20. The summed E-state index contributed by atoms with van der Waals surface area (Å²) in [6.45, 7) is 3.99. The Morgan fingerprint density at radius 3 is 2.50 bits per heavy atom. The van der Waals surface area contributed by atoms with E-state index in [9.17, 15) is 4.39 Å². The van der Waals surface area contributed by atoms with E-state index in [-0.39, 0.29) is 5.82 Å². The molecule has 0 radical (unpaired) electrons. The number of hydrogen-bond acceptors (Lipinski definition) is 1. The minimum absolute atomic E-state index is 0.149. The van der Waals surface area contributed by atoms with Gasteiger partial charge in [-0.3, -0.25) is 0 Å². The molecule has 2 heteroatoms.